The zero-order valence-corrected chi connectivity index (χ0v) is 9.93. The van der Waals surface area contributed by atoms with E-state index in [0.29, 0.717) is 16.8 Å². The molecule has 2 N–H and O–H groups in total. The Morgan fingerprint density at radius 2 is 2.28 bits per heavy atom. The third-order valence-electron chi connectivity index (χ3n) is 2.59. The number of nitrogens with two attached hydrogens (primary N) is 1. The van der Waals surface area contributed by atoms with Crippen LogP contribution >= 0.6 is 0 Å². The van der Waals surface area contributed by atoms with E-state index >= 15 is 0 Å². The average Bonchev–Trinajstić information content (AvgIpc) is 2.76. The van der Waals surface area contributed by atoms with Gasteiger partial charge in [-0.3, -0.25) is 4.79 Å². The van der Waals surface area contributed by atoms with Crippen LogP contribution in [-0.2, 0) is 13.1 Å². The highest BCUT2D eigenvalue weighted by molar-refractivity contribution is 5.97. The minimum absolute atomic E-state index is 0.0689. The van der Waals surface area contributed by atoms with Gasteiger partial charge in [0.1, 0.15) is 12.4 Å². The maximum absolute atomic E-state index is 12.9. The van der Waals surface area contributed by atoms with E-state index in [1.54, 1.807) is 13.1 Å². The van der Waals surface area contributed by atoms with Crippen LogP contribution in [0.1, 0.15) is 21.6 Å². The number of hydrogen-bond acceptors (Lipinski definition) is 4. The molecule has 1 aromatic carbocycles. The molecule has 0 saturated heterocycles. The molecule has 0 bridgehead atoms. The second-order valence-corrected chi connectivity index (χ2v) is 3.99. The normalized spacial score (nSPS) is 10.6. The first kappa shape index (κ1) is 12.4. The second kappa shape index (κ2) is 5.05. The van der Waals surface area contributed by atoms with E-state index in [1.165, 1.54) is 22.9 Å². The molecule has 18 heavy (non-hydrogen) atoms. The summed E-state index contributed by atoms with van der Waals surface area (Å²) in [5, 5.41) is 7.59. The number of aromatic nitrogens is 3. The van der Waals surface area contributed by atoms with Gasteiger partial charge < -0.3 is 5.73 Å². The fraction of sp³-hybridized carbons (Fsp3) is 0.250. The minimum Gasteiger partial charge on any atom is -0.325 e. The number of hydrogen-bond donors (Lipinski definition) is 1. The van der Waals surface area contributed by atoms with Crippen LogP contribution in [0.2, 0.25) is 0 Å². The van der Waals surface area contributed by atoms with Crippen LogP contribution in [0.3, 0.4) is 0 Å². The molecular weight excluding hydrogens is 235 g/mol. The molecule has 0 radical (unpaired) electrons. The Balaban J connectivity index is 2.16. The molecule has 5 nitrogen and oxygen atoms in total. The molecule has 2 rings (SSSR count). The predicted octanol–water partition coefficient (Wildman–Crippen LogP) is 1.07. The van der Waals surface area contributed by atoms with Gasteiger partial charge in [0.15, 0.2) is 5.78 Å². The van der Waals surface area contributed by atoms with Gasteiger partial charge in [0, 0.05) is 12.1 Å². The Kier molecular flexibility index (Phi) is 3.47. The summed E-state index contributed by atoms with van der Waals surface area (Å²) < 4.78 is 14.4. The first-order valence-electron chi connectivity index (χ1n) is 5.48. The molecule has 0 amide bonds. The summed E-state index contributed by atoms with van der Waals surface area (Å²) in [6.07, 6.45) is 1.62. The maximum atomic E-state index is 12.9. The summed E-state index contributed by atoms with van der Waals surface area (Å²) in [4.78, 5) is 12.0. The molecule has 0 atom stereocenters. The van der Waals surface area contributed by atoms with E-state index in [2.05, 4.69) is 10.3 Å². The van der Waals surface area contributed by atoms with Crippen LogP contribution in [0.15, 0.2) is 24.4 Å². The second-order valence-electron chi connectivity index (χ2n) is 3.99. The molecule has 1 aromatic heterocycles. The molecular formula is C12H13FN4O. The van der Waals surface area contributed by atoms with Crippen molar-refractivity contribution >= 4 is 5.78 Å². The minimum atomic E-state index is -0.352. The fourth-order valence-electron chi connectivity index (χ4n) is 1.68. The van der Waals surface area contributed by atoms with Gasteiger partial charge in [0.25, 0.3) is 0 Å². The maximum Gasteiger partial charge on any atom is 0.184 e. The van der Waals surface area contributed by atoms with Crippen molar-refractivity contribution in [2.24, 2.45) is 5.73 Å². The number of ketones is 1. The summed E-state index contributed by atoms with van der Waals surface area (Å²) in [7, 11) is 0. The average molecular weight is 248 g/mol. The highest BCUT2D eigenvalue weighted by Gasteiger charge is 2.11. The fourth-order valence-corrected chi connectivity index (χ4v) is 1.68. The largest absolute Gasteiger partial charge is 0.325 e. The van der Waals surface area contributed by atoms with Gasteiger partial charge in [-0.25, -0.2) is 9.07 Å². The van der Waals surface area contributed by atoms with Crippen LogP contribution < -0.4 is 5.73 Å². The van der Waals surface area contributed by atoms with Gasteiger partial charge in [-0.05, 0) is 30.7 Å². The predicted molar refractivity (Wildman–Crippen MR) is 63.4 cm³/mol. The third kappa shape index (κ3) is 2.60. The summed E-state index contributed by atoms with van der Waals surface area (Å²) in [5.41, 5.74) is 7.12. The van der Waals surface area contributed by atoms with Crippen molar-refractivity contribution in [3.8, 4) is 0 Å². The Hall–Kier alpha value is -2.08. The molecule has 0 saturated carbocycles. The summed E-state index contributed by atoms with van der Waals surface area (Å²) in [6.45, 7) is 2.05. The van der Waals surface area contributed by atoms with Gasteiger partial charge in [-0.1, -0.05) is 5.21 Å². The molecule has 0 aliphatic heterocycles. The lowest BCUT2D eigenvalue weighted by molar-refractivity contribution is 0.0966. The number of benzene rings is 1. The molecule has 0 fully saturated rings. The number of Topliss-reactive ketones (excluding diaryl/α,β-unsaturated/α-hetero) is 1. The van der Waals surface area contributed by atoms with Gasteiger partial charge in [-0.2, -0.15) is 0 Å². The number of carbonyl (C=O) groups is 1. The first-order chi connectivity index (χ1) is 8.60. The smallest absolute Gasteiger partial charge is 0.184 e. The van der Waals surface area contributed by atoms with Gasteiger partial charge >= 0.3 is 0 Å². The summed E-state index contributed by atoms with van der Waals surface area (Å²) >= 11 is 0. The molecule has 1 heterocycles. The number of halogens is 1. The van der Waals surface area contributed by atoms with Gasteiger partial charge in [-0.15, -0.1) is 5.10 Å². The quantitative estimate of drug-likeness (QED) is 0.821. The van der Waals surface area contributed by atoms with Crippen LogP contribution in [0.25, 0.3) is 0 Å². The SMILES string of the molecule is Cc1cc(F)ccc1C(=O)Cn1cc(CN)nn1. The van der Waals surface area contributed by atoms with Gasteiger partial charge in [0.2, 0.25) is 0 Å². The van der Waals surface area contributed by atoms with Crippen molar-refractivity contribution in [2.75, 3.05) is 0 Å². The molecule has 0 aliphatic rings. The molecule has 0 spiro atoms. The Bertz CT molecular complexity index is 579. The number of nitrogens with zero attached hydrogens (tertiary/aromatic N) is 3. The van der Waals surface area contributed by atoms with E-state index in [1.807, 2.05) is 0 Å². The lowest BCUT2D eigenvalue weighted by Gasteiger charge is -2.04. The molecule has 6 heteroatoms. The van der Waals surface area contributed by atoms with Crippen LogP contribution in [-0.4, -0.2) is 20.8 Å². The van der Waals surface area contributed by atoms with E-state index in [4.69, 9.17) is 5.73 Å². The van der Waals surface area contributed by atoms with Crippen molar-refractivity contribution in [1.82, 2.24) is 15.0 Å². The van der Waals surface area contributed by atoms with E-state index in [9.17, 15) is 9.18 Å². The Labute approximate surface area is 103 Å². The van der Waals surface area contributed by atoms with E-state index < -0.39 is 0 Å². The van der Waals surface area contributed by atoms with Crippen molar-refractivity contribution in [3.63, 3.8) is 0 Å². The lowest BCUT2D eigenvalue weighted by atomic mass is 10.0. The Morgan fingerprint density at radius 3 is 2.89 bits per heavy atom. The number of rotatable bonds is 4. The van der Waals surface area contributed by atoms with Crippen molar-refractivity contribution in [2.45, 2.75) is 20.0 Å². The van der Waals surface area contributed by atoms with Crippen molar-refractivity contribution in [3.05, 3.63) is 47.0 Å². The Morgan fingerprint density at radius 1 is 1.50 bits per heavy atom. The van der Waals surface area contributed by atoms with Crippen LogP contribution in [0, 0.1) is 12.7 Å². The lowest BCUT2D eigenvalue weighted by Crippen LogP contribution is -2.12. The topological polar surface area (TPSA) is 73.8 Å². The van der Waals surface area contributed by atoms with Crippen LogP contribution in [0.4, 0.5) is 4.39 Å². The first-order valence-corrected chi connectivity index (χ1v) is 5.48. The zero-order valence-electron chi connectivity index (χ0n) is 9.93. The van der Waals surface area contributed by atoms with Crippen molar-refractivity contribution < 1.29 is 9.18 Å². The van der Waals surface area contributed by atoms with E-state index in [0.717, 1.165) is 0 Å². The molecule has 0 unspecified atom stereocenters. The summed E-state index contributed by atoms with van der Waals surface area (Å²) in [6, 6.07) is 4.08. The highest BCUT2D eigenvalue weighted by Crippen LogP contribution is 2.11. The number of aryl methyl sites for hydroxylation is 1. The van der Waals surface area contributed by atoms with Crippen LogP contribution in [0.5, 0.6) is 0 Å². The monoisotopic (exact) mass is 248 g/mol. The standard InChI is InChI=1S/C12H13FN4O/c1-8-4-9(13)2-3-11(8)12(18)7-17-6-10(5-14)15-16-17/h2-4,6H,5,7,14H2,1H3. The summed E-state index contributed by atoms with van der Waals surface area (Å²) in [5.74, 6) is -0.490. The number of carbonyl (C=O) groups excluding carboxylic acids is 1. The van der Waals surface area contributed by atoms with Crippen molar-refractivity contribution in [1.29, 1.82) is 0 Å². The zero-order chi connectivity index (χ0) is 13.1. The molecule has 2 aromatic rings. The molecule has 0 aliphatic carbocycles. The highest BCUT2D eigenvalue weighted by atomic mass is 19.1. The van der Waals surface area contributed by atoms with E-state index in [-0.39, 0.29) is 24.7 Å². The molecule has 94 valence electrons. The third-order valence-corrected chi connectivity index (χ3v) is 2.59. The van der Waals surface area contributed by atoms with Gasteiger partial charge in [0.05, 0.1) is 11.9 Å².